The van der Waals surface area contributed by atoms with E-state index in [-0.39, 0.29) is 17.9 Å². The molecule has 2 atom stereocenters. The highest BCUT2D eigenvalue weighted by molar-refractivity contribution is 6.04. The number of likely N-dealkylation sites (N-methyl/N-ethyl adjacent to an activating group) is 2. The zero-order chi connectivity index (χ0) is 15.1. The van der Waals surface area contributed by atoms with Gasteiger partial charge in [-0.25, -0.2) is 0 Å². The standard InChI is InChI=1S/C15H19N3O3/c1-16-14(20)11-4-3-7-18(11)9-5-6-10-12(8-9)17(2)15(21)13(10)19/h5-6,8,11,13,19H,3-4,7H2,1-2H3,(H,16,20). The number of fused-ring (bicyclic) bond motifs is 1. The molecule has 2 aliphatic heterocycles. The summed E-state index contributed by atoms with van der Waals surface area (Å²) < 4.78 is 0. The van der Waals surface area contributed by atoms with E-state index < -0.39 is 6.10 Å². The third-order valence-electron chi connectivity index (χ3n) is 4.37. The van der Waals surface area contributed by atoms with Crippen molar-refractivity contribution in [2.75, 3.05) is 30.4 Å². The highest BCUT2D eigenvalue weighted by Crippen LogP contribution is 2.38. The topological polar surface area (TPSA) is 72.9 Å². The van der Waals surface area contributed by atoms with E-state index >= 15 is 0 Å². The summed E-state index contributed by atoms with van der Waals surface area (Å²) in [5.74, 6) is -0.302. The lowest BCUT2D eigenvalue weighted by atomic mass is 10.1. The Balaban J connectivity index is 1.95. The molecule has 0 aliphatic carbocycles. The first-order valence-corrected chi connectivity index (χ1v) is 7.12. The van der Waals surface area contributed by atoms with Crippen molar-refractivity contribution in [2.45, 2.75) is 25.0 Å². The van der Waals surface area contributed by atoms with Crippen molar-refractivity contribution >= 4 is 23.2 Å². The van der Waals surface area contributed by atoms with Crippen LogP contribution in [-0.4, -0.2) is 43.6 Å². The highest BCUT2D eigenvalue weighted by Gasteiger charge is 2.35. The van der Waals surface area contributed by atoms with E-state index in [2.05, 4.69) is 10.2 Å². The number of benzene rings is 1. The van der Waals surface area contributed by atoms with Crippen LogP contribution in [0.5, 0.6) is 0 Å². The Bertz CT molecular complexity index is 602. The second-order valence-corrected chi connectivity index (χ2v) is 5.51. The summed E-state index contributed by atoms with van der Waals surface area (Å²) in [4.78, 5) is 27.3. The second kappa shape index (κ2) is 5.04. The lowest BCUT2D eigenvalue weighted by Gasteiger charge is -2.26. The minimum atomic E-state index is -1.08. The van der Waals surface area contributed by atoms with E-state index in [0.29, 0.717) is 11.3 Å². The number of carbonyl (C=O) groups excluding carboxylic acids is 2. The summed E-state index contributed by atoms with van der Waals surface area (Å²) in [5.41, 5.74) is 2.25. The fraction of sp³-hybridized carbons (Fsp3) is 0.467. The van der Waals surface area contributed by atoms with Crippen molar-refractivity contribution in [1.29, 1.82) is 0 Å². The van der Waals surface area contributed by atoms with Gasteiger partial charge in [-0.1, -0.05) is 6.07 Å². The maximum absolute atomic E-state index is 11.9. The van der Waals surface area contributed by atoms with Gasteiger partial charge in [0.2, 0.25) is 5.91 Å². The van der Waals surface area contributed by atoms with E-state index in [4.69, 9.17) is 0 Å². The normalized spacial score (nSPS) is 24.4. The third-order valence-corrected chi connectivity index (χ3v) is 4.37. The number of amides is 2. The smallest absolute Gasteiger partial charge is 0.260 e. The number of aliphatic hydroxyl groups is 1. The van der Waals surface area contributed by atoms with E-state index in [1.165, 1.54) is 4.90 Å². The Hall–Kier alpha value is -2.08. The highest BCUT2D eigenvalue weighted by atomic mass is 16.3. The van der Waals surface area contributed by atoms with Crippen LogP contribution < -0.4 is 15.1 Å². The molecular weight excluding hydrogens is 270 g/mol. The monoisotopic (exact) mass is 289 g/mol. The van der Waals surface area contributed by atoms with Crippen molar-refractivity contribution in [1.82, 2.24) is 5.32 Å². The molecule has 2 N–H and O–H groups in total. The van der Waals surface area contributed by atoms with Gasteiger partial charge in [0, 0.05) is 31.9 Å². The average Bonchev–Trinajstić information content (AvgIpc) is 3.07. The van der Waals surface area contributed by atoms with Gasteiger partial charge in [0.05, 0.1) is 5.69 Å². The summed E-state index contributed by atoms with van der Waals surface area (Å²) in [7, 11) is 3.30. The van der Waals surface area contributed by atoms with Crippen LogP contribution in [0.3, 0.4) is 0 Å². The van der Waals surface area contributed by atoms with Gasteiger partial charge in [-0.3, -0.25) is 9.59 Å². The van der Waals surface area contributed by atoms with Crippen LogP contribution in [0.25, 0.3) is 0 Å². The first-order valence-electron chi connectivity index (χ1n) is 7.12. The van der Waals surface area contributed by atoms with Crippen molar-refractivity contribution in [2.24, 2.45) is 0 Å². The van der Waals surface area contributed by atoms with Crippen LogP contribution in [0.1, 0.15) is 24.5 Å². The molecule has 6 heteroatoms. The Morgan fingerprint density at radius 2 is 2.19 bits per heavy atom. The van der Waals surface area contributed by atoms with E-state index in [1.807, 2.05) is 12.1 Å². The van der Waals surface area contributed by atoms with Gasteiger partial charge in [0.15, 0.2) is 6.10 Å². The molecule has 1 aromatic carbocycles. The van der Waals surface area contributed by atoms with E-state index in [0.717, 1.165) is 25.1 Å². The maximum Gasteiger partial charge on any atom is 0.260 e. The molecule has 0 bridgehead atoms. The van der Waals surface area contributed by atoms with Gasteiger partial charge in [0.1, 0.15) is 6.04 Å². The zero-order valence-corrected chi connectivity index (χ0v) is 12.2. The third kappa shape index (κ3) is 2.06. The minimum absolute atomic E-state index is 0.0115. The van der Waals surface area contributed by atoms with Gasteiger partial charge in [-0.2, -0.15) is 0 Å². The number of hydrogen-bond donors (Lipinski definition) is 2. The van der Waals surface area contributed by atoms with Gasteiger partial charge in [-0.15, -0.1) is 0 Å². The van der Waals surface area contributed by atoms with Crippen molar-refractivity contribution < 1.29 is 14.7 Å². The Labute approximate surface area is 123 Å². The lowest BCUT2D eigenvalue weighted by Crippen LogP contribution is -2.42. The lowest BCUT2D eigenvalue weighted by molar-refractivity contribution is -0.125. The average molecular weight is 289 g/mol. The summed E-state index contributed by atoms with van der Waals surface area (Å²) in [6, 6.07) is 5.36. The number of nitrogens with one attached hydrogen (secondary N) is 1. The number of nitrogens with zero attached hydrogens (tertiary/aromatic N) is 2. The van der Waals surface area contributed by atoms with Crippen LogP contribution in [-0.2, 0) is 9.59 Å². The summed E-state index contributed by atoms with van der Waals surface area (Å²) in [6.45, 7) is 0.817. The van der Waals surface area contributed by atoms with Gasteiger partial charge in [0.25, 0.3) is 5.91 Å². The molecule has 0 spiro atoms. The van der Waals surface area contributed by atoms with Crippen molar-refractivity contribution in [3.05, 3.63) is 23.8 Å². The summed E-state index contributed by atoms with van der Waals surface area (Å²) in [6.07, 6.45) is 0.716. The molecule has 0 saturated carbocycles. The first-order chi connectivity index (χ1) is 10.0. The molecular formula is C15H19N3O3. The van der Waals surface area contributed by atoms with Crippen LogP contribution in [0.4, 0.5) is 11.4 Å². The molecule has 2 amide bonds. The molecule has 0 radical (unpaired) electrons. The minimum Gasteiger partial charge on any atom is -0.378 e. The van der Waals surface area contributed by atoms with E-state index in [1.54, 1.807) is 20.2 Å². The number of hydrogen-bond acceptors (Lipinski definition) is 4. The molecule has 2 unspecified atom stereocenters. The van der Waals surface area contributed by atoms with Crippen molar-refractivity contribution in [3.63, 3.8) is 0 Å². The van der Waals surface area contributed by atoms with Crippen molar-refractivity contribution in [3.8, 4) is 0 Å². The second-order valence-electron chi connectivity index (χ2n) is 5.51. The molecule has 2 heterocycles. The SMILES string of the molecule is CNC(=O)C1CCCN1c1ccc2c(c1)N(C)C(=O)C2O. The molecule has 3 rings (SSSR count). The van der Waals surface area contributed by atoms with Crippen LogP contribution >= 0.6 is 0 Å². The van der Waals surface area contributed by atoms with Gasteiger partial charge < -0.3 is 20.2 Å². The fourth-order valence-corrected chi connectivity index (χ4v) is 3.18. The maximum atomic E-state index is 11.9. The molecule has 1 aromatic rings. The first kappa shape index (κ1) is 13.9. The van der Waals surface area contributed by atoms with Crippen LogP contribution in [0, 0.1) is 0 Å². The predicted octanol–water partition coefficient (Wildman–Crippen LogP) is 0.411. The summed E-state index contributed by atoms with van der Waals surface area (Å²) >= 11 is 0. The van der Waals surface area contributed by atoms with Crippen LogP contribution in [0.2, 0.25) is 0 Å². The van der Waals surface area contributed by atoms with Gasteiger partial charge >= 0.3 is 0 Å². The molecule has 2 aliphatic rings. The van der Waals surface area contributed by atoms with Crippen LogP contribution in [0.15, 0.2) is 18.2 Å². The Morgan fingerprint density at radius 1 is 1.43 bits per heavy atom. The molecule has 0 aromatic heterocycles. The fourth-order valence-electron chi connectivity index (χ4n) is 3.18. The number of carbonyl (C=O) groups is 2. The molecule has 112 valence electrons. The zero-order valence-electron chi connectivity index (χ0n) is 12.2. The number of anilines is 2. The predicted molar refractivity (Wildman–Crippen MR) is 79.2 cm³/mol. The molecule has 1 fully saturated rings. The molecule has 21 heavy (non-hydrogen) atoms. The number of rotatable bonds is 2. The number of aliphatic hydroxyl groups excluding tert-OH is 1. The largest absolute Gasteiger partial charge is 0.378 e. The van der Waals surface area contributed by atoms with E-state index in [9.17, 15) is 14.7 Å². The quantitative estimate of drug-likeness (QED) is 0.827. The molecule has 1 saturated heterocycles. The Morgan fingerprint density at radius 3 is 2.90 bits per heavy atom. The Kier molecular flexibility index (Phi) is 3.33. The molecule has 6 nitrogen and oxygen atoms in total. The van der Waals surface area contributed by atoms with Gasteiger partial charge in [-0.05, 0) is 25.0 Å². The summed E-state index contributed by atoms with van der Waals surface area (Å²) in [5, 5.41) is 12.6.